The Morgan fingerprint density at radius 2 is 1.60 bits per heavy atom. The summed E-state index contributed by atoms with van der Waals surface area (Å²) in [6, 6.07) is 13.8. The molecule has 0 aliphatic carbocycles. The lowest BCUT2D eigenvalue weighted by molar-refractivity contribution is -0.176. The van der Waals surface area contributed by atoms with Gasteiger partial charge < -0.3 is 19.5 Å². The highest BCUT2D eigenvalue weighted by molar-refractivity contribution is 6.30. The van der Waals surface area contributed by atoms with Gasteiger partial charge in [0.15, 0.2) is 5.60 Å². The fraction of sp³-hybridized carbons (Fsp3) is 0.318. The number of rotatable bonds is 9. The number of ether oxygens (including phenoxy) is 3. The summed E-state index contributed by atoms with van der Waals surface area (Å²) in [7, 11) is 0. The van der Waals surface area contributed by atoms with Crippen LogP contribution in [0.25, 0.3) is 0 Å². The van der Waals surface area contributed by atoms with Crippen molar-refractivity contribution in [1.82, 2.24) is 5.32 Å². The van der Waals surface area contributed by atoms with E-state index in [2.05, 4.69) is 10.1 Å². The molecule has 2 aromatic carbocycles. The van der Waals surface area contributed by atoms with Crippen molar-refractivity contribution in [2.75, 3.05) is 13.3 Å². The Balaban J connectivity index is 1.81. The van der Waals surface area contributed by atoms with Gasteiger partial charge in [-0.15, -0.1) is 0 Å². The number of amides is 1. The quantitative estimate of drug-likeness (QED) is 0.480. The number of carbonyl (C=O) groups excluding carboxylic acids is 3. The van der Waals surface area contributed by atoms with Crippen LogP contribution in [0.1, 0.15) is 36.7 Å². The lowest BCUT2D eigenvalue weighted by atomic mass is 10.1. The summed E-state index contributed by atoms with van der Waals surface area (Å²) in [5.41, 5.74) is 0.286. The van der Waals surface area contributed by atoms with Gasteiger partial charge in [0, 0.05) is 24.1 Å². The molecular weight excluding hydrogens is 410 g/mol. The van der Waals surface area contributed by atoms with E-state index in [1.807, 2.05) is 12.1 Å². The molecule has 0 spiro atoms. The largest absolute Gasteiger partial charge is 0.476 e. The number of halogens is 1. The summed E-state index contributed by atoms with van der Waals surface area (Å²) in [6.07, 6.45) is 0.632. The SMILES string of the molecule is CC(=O)OCOC(=O)C(C)(C)Oc1ccc(CCNC(=O)c2ccc(Cl)cc2)cc1. The molecule has 2 rings (SSSR count). The van der Waals surface area contributed by atoms with Gasteiger partial charge in [-0.3, -0.25) is 9.59 Å². The molecule has 0 aliphatic rings. The number of hydrogen-bond acceptors (Lipinski definition) is 6. The zero-order chi connectivity index (χ0) is 22.1. The summed E-state index contributed by atoms with van der Waals surface area (Å²) < 4.78 is 15.2. The van der Waals surface area contributed by atoms with Gasteiger partial charge in [-0.2, -0.15) is 0 Å². The van der Waals surface area contributed by atoms with E-state index < -0.39 is 24.3 Å². The average Bonchev–Trinajstić information content (AvgIpc) is 2.69. The first-order valence-electron chi connectivity index (χ1n) is 9.30. The molecule has 0 unspecified atom stereocenters. The van der Waals surface area contributed by atoms with Crippen LogP contribution < -0.4 is 10.1 Å². The third kappa shape index (κ3) is 7.40. The zero-order valence-electron chi connectivity index (χ0n) is 17.1. The van der Waals surface area contributed by atoms with E-state index in [4.69, 9.17) is 21.1 Å². The topological polar surface area (TPSA) is 90.9 Å². The molecule has 160 valence electrons. The number of hydrogen-bond donors (Lipinski definition) is 1. The van der Waals surface area contributed by atoms with Crippen LogP contribution >= 0.6 is 11.6 Å². The molecule has 1 amide bonds. The third-order valence-corrected chi connectivity index (χ3v) is 4.30. The van der Waals surface area contributed by atoms with Gasteiger partial charge in [0.1, 0.15) is 5.75 Å². The van der Waals surface area contributed by atoms with Crippen molar-refractivity contribution in [2.24, 2.45) is 0 Å². The van der Waals surface area contributed by atoms with Crippen molar-refractivity contribution >= 4 is 29.4 Å². The van der Waals surface area contributed by atoms with Crippen molar-refractivity contribution in [3.8, 4) is 5.75 Å². The molecule has 1 N–H and O–H groups in total. The standard InChI is InChI=1S/C22H24ClNO6/c1-15(25)28-14-29-21(27)22(2,3)30-19-10-4-16(5-11-19)12-13-24-20(26)17-6-8-18(23)9-7-17/h4-11H,12-14H2,1-3H3,(H,24,26). The molecule has 0 bridgehead atoms. The fourth-order valence-corrected chi connectivity index (χ4v) is 2.55. The number of esters is 2. The van der Waals surface area contributed by atoms with E-state index in [1.54, 1.807) is 50.2 Å². The minimum absolute atomic E-state index is 0.166. The molecule has 0 heterocycles. The Bertz CT molecular complexity index is 878. The molecule has 0 radical (unpaired) electrons. The highest BCUT2D eigenvalue weighted by Gasteiger charge is 2.32. The van der Waals surface area contributed by atoms with Crippen molar-refractivity contribution in [3.05, 3.63) is 64.7 Å². The van der Waals surface area contributed by atoms with Crippen molar-refractivity contribution in [3.63, 3.8) is 0 Å². The van der Waals surface area contributed by atoms with E-state index >= 15 is 0 Å². The highest BCUT2D eigenvalue weighted by Crippen LogP contribution is 2.20. The van der Waals surface area contributed by atoms with Gasteiger partial charge in [0.2, 0.25) is 6.79 Å². The molecular formula is C22H24ClNO6. The van der Waals surface area contributed by atoms with Crippen LogP contribution in [0.4, 0.5) is 0 Å². The van der Waals surface area contributed by atoms with Gasteiger partial charge in [-0.05, 0) is 62.2 Å². The van der Waals surface area contributed by atoms with Gasteiger partial charge in [0.25, 0.3) is 5.91 Å². The lowest BCUT2D eigenvalue weighted by Gasteiger charge is -2.24. The molecule has 0 saturated carbocycles. The molecule has 7 nitrogen and oxygen atoms in total. The summed E-state index contributed by atoms with van der Waals surface area (Å²) in [5, 5.41) is 3.43. The minimum Gasteiger partial charge on any atom is -0.476 e. The van der Waals surface area contributed by atoms with Gasteiger partial charge in [-0.1, -0.05) is 23.7 Å². The summed E-state index contributed by atoms with van der Waals surface area (Å²) in [5.74, 6) is -0.877. The molecule has 0 atom stereocenters. The van der Waals surface area contributed by atoms with E-state index in [-0.39, 0.29) is 5.91 Å². The van der Waals surface area contributed by atoms with E-state index in [0.29, 0.717) is 29.3 Å². The van der Waals surface area contributed by atoms with E-state index in [0.717, 1.165) is 5.56 Å². The summed E-state index contributed by atoms with van der Waals surface area (Å²) in [6.45, 7) is 4.35. The van der Waals surface area contributed by atoms with Crippen molar-refractivity contribution in [2.45, 2.75) is 32.8 Å². The number of benzene rings is 2. The van der Waals surface area contributed by atoms with Crippen LogP contribution in [0.3, 0.4) is 0 Å². The second kappa shape index (κ2) is 10.6. The number of nitrogens with one attached hydrogen (secondary N) is 1. The maximum atomic E-state index is 12.1. The molecule has 0 aliphatic heterocycles. The monoisotopic (exact) mass is 433 g/mol. The number of carbonyl (C=O) groups is 3. The van der Waals surface area contributed by atoms with Crippen LogP contribution in [-0.2, 0) is 25.5 Å². The first-order valence-corrected chi connectivity index (χ1v) is 9.67. The van der Waals surface area contributed by atoms with Gasteiger partial charge in [-0.25, -0.2) is 4.79 Å². The van der Waals surface area contributed by atoms with Crippen molar-refractivity contribution in [1.29, 1.82) is 0 Å². The minimum atomic E-state index is -1.26. The molecule has 0 aromatic heterocycles. The van der Waals surface area contributed by atoms with Crippen LogP contribution in [-0.4, -0.2) is 36.8 Å². The van der Waals surface area contributed by atoms with Crippen LogP contribution in [0.2, 0.25) is 5.02 Å². The normalized spacial score (nSPS) is 10.8. The second-order valence-electron chi connectivity index (χ2n) is 6.95. The predicted octanol–water partition coefficient (Wildman–Crippen LogP) is 3.53. The Hall–Kier alpha value is -3.06. The Morgan fingerprint density at radius 3 is 2.20 bits per heavy atom. The maximum Gasteiger partial charge on any atom is 0.352 e. The third-order valence-electron chi connectivity index (χ3n) is 4.05. The van der Waals surface area contributed by atoms with Crippen LogP contribution in [0.5, 0.6) is 5.75 Å². The molecule has 0 saturated heterocycles. The highest BCUT2D eigenvalue weighted by atomic mass is 35.5. The van der Waals surface area contributed by atoms with Crippen LogP contribution in [0.15, 0.2) is 48.5 Å². The van der Waals surface area contributed by atoms with Gasteiger partial charge in [0.05, 0.1) is 0 Å². The van der Waals surface area contributed by atoms with Crippen LogP contribution in [0, 0.1) is 0 Å². The lowest BCUT2D eigenvalue weighted by Crippen LogP contribution is -2.40. The summed E-state index contributed by atoms with van der Waals surface area (Å²) >= 11 is 5.82. The predicted molar refractivity (Wildman–Crippen MR) is 111 cm³/mol. The average molecular weight is 434 g/mol. The second-order valence-corrected chi connectivity index (χ2v) is 7.39. The summed E-state index contributed by atoms with van der Waals surface area (Å²) in [4.78, 5) is 34.9. The maximum absolute atomic E-state index is 12.1. The van der Waals surface area contributed by atoms with Gasteiger partial charge >= 0.3 is 11.9 Å². The first kappa shape index (κ1) is 23.2. The Kier molecular flexibility index (Phi) is 8.24. The first-order chi connectivity index (χ1) is 14.2. The Morgan fingerprint density at radius 1 is 0.967 bits per heavy atom. The molecule has 30 heavy (non-hydrogen) atoms. The molecule has 8 heteroatoms. The molecule has 0 fully saturated rings. The molecule has 2 aromatic rings. The fourth-order valence-electron chi connectivity index (χ4n) is 2.42. The smallest absolute Gasteiger partial charge is 0.352 e. The zero-order valence-corrected chi connectivity index (χ0v) is 17.8. The Labute approximate surface area is 180 Å². The van der Waals surface area contributed by atoms with Crippen molar-refractivity contribution < 1.29 is 28.6 Å². The van der Waals surface area contributed by atoms with E-state index in [9.17, 15) is 14.4 Å². The van der Waals surface area contributed by atoms with E-state index in [1.165, 1.54) is 6.92 Å².